The van der Waals surface area contributed by atoms with Crippen LogP contribution < -0.4 is 10.5 Å². The summed E-state index contributed by atoms with van der Waals surface area (Å²) in [6.07, 6.45) is 1.30. The monoisotopic (exact) mass is 448 g/mol. The average molecular weight is 449 g/mol. The molecule has 0 aliphatic carbocycles. The number of aromatic nitrogens is 2. The molecule has 1 unspecified atom stereocenters. The Bertz CT molecular complexity index is 1150. The molecule has 4 rings (SSSR count). The Balaban J connectivity index is 1.66. The Morgan fingerprint density at radius 3 is 2.27 bits per heavy atom. The number of amides is 2. The van der Waals surface area contributed by atoms with E-state index in [1.165, 1.54) is 4.90 Å². The quantitative estimate of drug-likeness (QED) is 0.583. The number of benzene rings is 2. The molecule has 8 nitrogen and oxygen atoms in total. The van der Waals surface area contributed by atoms with Crippen LogP contribution in [0.2, 0.25) is 0 Å². The largest absolute Gasteiger partial charge is 0.465 e. The van der Waals surface area contributed by atoms with E-state index < -0.39 is 12.0 Å². The van der Waals surface area contributed by atoms with Gasteiger partial charge in [-0.05, 0) is 48.2 Å². The Kier molecular flexibility index (Phi) is 5.84. The van der Waals surface area contributed by atoms with Gasteiger partial charge in [0.25, 0.3) is 5.91 Å². The van der Waals surface area contributed by atoms with Crippen molar-refractivity contribution < 1.29 is 19.4 Å². The number of carbonyl (C=O) groups excluding carboxylic acids is 1. The van der Waals surface area contributed by atoms with Crippen molar-refractivity contribution in [2.75, 3.05) is 6.54 Å². The van der Waals surface area contributed by atoms with Gasteiger partial charge < -0.3 is 20.5 Å². The number of nitrogens with zero attached hydrogens (tertiary/aromatic N) is 3. The second-order valence-electron chi connectivity index (χ2n) is 9.32. The number of carboxylic acid groups (broad SMARTS) is 1. The van der Waals surface area contributed by atoms with Gasteiger partial charge in [-0.3, -0.25) is 9.48 Å². The smallest absolute Gasteiger partial charge is 0.407 e. The van der Waals surface area contributed by atoms with Crippen molar-refractivity contribution >= 4 is 12.0 Å². The zero-order valence-corrected chi connectivity index (χ0v) is 18.9. The van der Waals surface area contributed by atoms with Crippen molar-refractivity contribution in [3.63, 3.8) is 0 Å². The van der Waals surface area contributed by atoms with Crippen molar-refractivity contribution in [1.82, 2.24) is 14.7 Å². The third-order valence-corrected chi connectivity index (χ3v) is 5.94. The second kappa shape index (κ2) is 8.61. The molecule has 0 radical (unpaired) electrons. The number of nitrogens with two attached hydrogens (primary N) is 1. The molecule has 33 heavy (non-hydrogen) atoms. The predicted octanol–water partition coefficient (Wildman–Crippen LogP) is 4.78. The molecular formula is C25H28N4O4. The third-order valence-electron chi connectivity index (χ3n) is 5.94. The SMILES string of the molecule is CC(C)(C)[C@@H]1C(n2cc(C(N)=O)c(-c3ccc(Oc4ccccc4)cc3)n2)CCN1C(=O)O. The maximum Gasteiger partial charge on any atom is 0.407 e. The molecule has 0 spiro atoms. The first-order chi connectivity index (χ1) is 15.6. The number of ether oxygens (including phenoxy) is 1. The van der Waals surface area contributed by atoms with E-state index in [2.05, 4.69) is 0 Å². The van der Waals surface area contributed by atoms with Crippen LogP contribution >= 0.6 is 0 Å². The molecule has 1 aliphatic heterocycles. The van der Waals surface area contributed by atoms with Gasteiger partial charge in [-0.2, -0.15) is 5.10 Å². The fraction of sp³-hybridized carbons (Fsp3) is 0.320. The molecule has 8 heteroatoms. The lowest BCUT2D eigenvalue weighted by Crippen LogP contribution is -2.46. The summed E-state index contributed by atoms with van der Waals surface area (Å²) in [6.45, 7) is 6.44. The van der Waals surface area contributed by atoms with E-state index in [0.29, 0.717) is 30.0 Å². The molecule has 1 saturated heterocycles. The van der Waals surface area contributed by atoms with Crippen LogP contribution in [0.1, 0.15) is 43.6 Å². The molecule has 2 heterocycles. The summed E-state index contributed by atoms with van der Waals surface area (Å²) in [5.41, 5.74) is 6.85. The summed E-state index contributed by atoms with van der Waals surface area (Å²) in [4.78, 5) is 25.5. The zero-order valence-electron chi connectivity index (χ0n) is 18.9. The first kappa shape index (κ1) is 22.4. The van der Waals surface area contributed by atoms with Gasteiger partial charge in [-0.1, -0.05) is 39.0 Å². The number of carbonyl (C=O) groups is 2. The highest BCUT2D eigenvalue weighted by molar-refractivity contribution is 5.98. The summed E-state index contributed by atoms with van der Waals surface area (Å²) in [6, 6.07) is 16.2. The Morgan fingerprint density at radius 1 is 1.06 bits per heavy atom. The molecule has 2 amide bonds. The molecule has 1 aliphatic rings. The molecule has 2 aromatic carbocycles. The van der Waals surface area contributed by atoms with Gasteiger partial charge in [-0.15, -0.1) is 0 Å². The highest BCUT2D eigenvalue weighted by Crippen LogP contribution is 2.40. The maximum atomic E-state index is 12.2. The van der Waals surface area contributed by atoms with Gasteiger partial charge in [0.05, 0.1) is 17.6 Å². The lowest BCUT2D eigenvalue weighted by atomic mass is 9.83. The van der Waals surface area contributed by atoms with E-state index in [-0.39, 0.29) is 17.5 Å². The second-order valence-corrected chi connectivity index (χ2v) is 9.32. The van der Waals surface area contributed by atoms with Crippen LogP contribution in [0.5, 0.6) is 11.5 Å². The zero-order chi connectivity index (χ0) is 23.8. The number of hydrogen-bond donors (Lipinski definition) is 2. The standard InChI is InChI=1S/C25H28N4O4/c1-25(2,3)22-20(13-14-28(22)24(31)32)29-15-19(23(26)30)21(27-29)16-9-11-18(12-10-16)33-17-7-5-4-6-8-17/h4-12,15,20,22H,13-14H2,1-3H3,(H2,26,30)(H,31,32)/t20?,22-/m0/s1. The highest BCUT2D eigenvalue weighted by atomic mass is 16.5. The van der Waals surface area contributed by atoms with Crippen molar-refractivity contribution in [2.45, 2.75) is 39.3 Å². The molecule has 0 bridgehead atoms. The minimum absolute atomic E-state index is 0.200. The fourth-order valence-electron chi connectivity index (χ4n) is 4.57. The van der Waals surface area contributed by atoms with Crippen LogP contribution in [0.15, 0.2) is 60.8 Å². The topological polar surface area (TPSA) is 111 Å². The Morgan fingerprint density at radius 2 is 1.70 bits per heavy atom. The van der Waals surface area contributed by atoms with Crippen molar-refractivity contribution in [3.8, 4) is 22.8 Å². The predicted molar refractivity (Wildman–Crippen MR) is 124 cm³/mol. The van der Waals surface area contributed by atoms with E-state index >= 15 is 0 Å². The molecular weight excluding hydrogens is 420 g/mol. The Hall–Kier alpha value is -3.81. The summed E-state index contributed by atoms with van der Waals surface area (Å²) in [5.74, 6) is 0.803. The molecule has 172 valence electrons. The molecule has 3 N–H and O–H groups in total. The summed E-state index contributed by atoms with van der Waals surface area (Å²) in [5, 5.41) is 14.4. The minimum Gasteiger partial charge on any atom is -0.465 e. The van der Waals surface area contributed by atoms with Crippen molar-refractivity contribution in [2.24, 2.45) is 11.1 Å². The number of para-hydroxylation sites is 1. The molecule has 1 fully saturated rings. The van der Waals surface area contributed by atoms with Crippen LogP contribution in [0.4, 0.5) is 4.79 Å². The third kappa shape index (κ3) is 4.55. The minimum atomic E-state index is -0.950. The van der Waals surface area contributed by atoms with Crippen molar-refractivity contribution in [1.29, 1.82) is 0 Å². The van der Waals surface area contributed by atoms with E-state index in [4.69, 9.17) is 15.6 Å². The maximum absolute atomic E-state index is 12.2. The van der Waals surface area contributed by atoms with Crippen LogP contribution in [0.25, 0.3) is 11.3 Å². The highest BCUT2D eigenvalue weighted by Gasteiger charge is 2.45. The average Bonchev–Trinajstić information content (AvgIpc) is 3.40. The lowest BCUT2D eigenvalue weighted by Gasteiger charge is -2.36. The molecule has 2 atom stereocenters. The molecule has 0 saturated carbocycles. The van der Waals surface area contributed by atoms with Gasteiger partial charge >= 0.3 is 6.09 Å². The van der Waals surface area contributed by atoms with Gasteiger partial charge in [0.15, 0.2) is 0 Å². The van der Waals surface area contributed by atoms with E-state index in [1.54, 1.807) is 10.9 Å². The van der Waals surface area contributed by atoms with Gasteiger partial charge in [0.1, 0.15) is 17.2 Å². The lowest BCUT2D eigenvalue weighted by molar-refractivity contribution is 0.0904. The molecule has 1 aromatic heterocycles. The van der Waals surface area contributed by atoms with E-state index in [1.807, 2.05) is 75.4 Å². The summed E-state index contributed by atoms with van der Waals surface area (Å²) >= 11 is 0. The Labute approximate surface area is 192 Å². The van der Waals surface area contributed by atoms with Crippen molar-refractivity contribution in [3.05, 3.63) is 66.4 Å². The van der Waals surface area contributed by atoms with Crippen LogP contribution in [-0.2, 0) is 0 Å². The number of primary amides is 1. The number of rotatable bonds is 5. The number of likely N-dealkylation sites (tertiary alicyclic amines) is 1. The van der Waals surface area contributed by atoms with E-state index in [0.717, 1.165) is 11.3 Å². The fourth-order valence-corrected chi connectivity index (χ4v) is 4.57. The van der Waals surface area contributed by atoms with E-state index in [9.17, 15) is 14.7 Å². The van der Waals surface area contributed by atoms with Crippen LogP contribution in [0, 0.1) is 5.41 Å². The number of hydrogen-bond acceptors (Lipinski definition) is 4. The first-order valence-corrected chi connectivity index (χ1v) is 10.9. The molecule has 3 aromatic rings. The van der Waals surface area contributed by atoms with Gasteiger partial charge in [-0.25, -0.2) is 4.79 Å². The van der Waals surface area contributed by atoms with Crippen LogP contribution in [0.3, 0.4) is 0 Å². The summed E-state index contributed by atoms with van der Waals surface area (Å²) < 4.78 is 7.55. The van der Waals surface area contributed by atoms with Crippen LogP contribution in [-0.4, -0.2) is 44.4 Å². The summed E-state index contributed by atoms with van der Waals surface area (Å²) in [7, 11) is 0. The normalized spacial score (nSPS) is 18.3. The van der Waals surface area contributed by atoms with Gasteiger partial charge in [0, 0.05) is 18.3 Å². The first-order valence-electron chi connectivity index (χ1n) is 10.9. The van der Waals surface area contributed by atoms with Gasteiger partial charge in [0.2, 0.25) is 0 Å².